The van der Waals surface area contributed by atoms with Crippen LogP contribution in [0.5, 0.6) is 0 Å². The topological polar surface area (TPSA) is 25.8 Å². The molecular weight excluding hydrogens is 364 g/mol. The van der Waals surface area contributed by atoms with Crippen LogP contribution in [-0.2, 0) is 38.5 Å². The Balaban J connectivity index is 1.21. The highest BCUT2D eigenvalue weighted by Crippen LogP contribution is 2.27. The van der Waals surface area contributed by atoms with E-state index in [0.717, 1.165) is 50.0 Å². The molecule has 0 atom stereocenters. The van der Waals surface area contributed by atoms with Crippen LogP contribution < -0.4 is 0 Å². The summed E-state index contributed by atoms with van der Waals surface area (Å²) in [7, 11) is 0. The summed E-state index contributed by atoms with van der Waals surface area (Å²) in [6.07, 6.45) is 12.6. The molecule has 1 aromatic heterocycles. The van der Waals surface area contributed by atoms with E-state index in [1.165, 1.54) is 44.5 Å². The van der Waals surface area contributed by atoms with E-state index in [-0.39, 0.29) is 0 Å². The van der Waals surface area contributed by atoms with Crippen LogP contribution in [0.15, 0.2) is 59.8 Å². The Morgan fingerprint density at radius 3 is 1.93 bits per heavy atom. The van der Waals surface area contributed by atoms with Crippen LogP contribution >= 0.6 is 0 Å². The molecule has 2 nitrogen and oxygen atoms in total. The van der Waals surface area contributed by atoms with Crippen molar-refractivity contribution in [1.82, 2.24) is 9.97 Å². The maximum Gasteiger partial charge on any atom is 0.128 e. The Hall–Kier alpha value is -3.00. The summed E-state index contributed by atoms with van der Waals surface area (Å²) in [4.78, 5) is 9.36. The lowest BCUT2D eigenvalue weighted by Gasteiger charge is -2.07. The Labute approximate surface area is 179 Å². The first-order valence-corrected chi connectivity index (χ1v) is 11.0. The van der Waals surface area contributed by atoms with Crippen molar-refractivity contribution in [2.45, 2.75) is 52.4 Å². The molecule has 0 bridgehead atoms. The van der Waals surface area contributed by atoms with Gasteiger partial charge in [-0.3, -0.25) is 0 Å². The average Bonchev–Trinajstić information content (AvgIpc) is 3.30. The van der Waals surface area contributed by atoms with E-state index in [4.69, 9.17) is 4.98 Å². The fourth-order valence-corrected chi connectivity index (χ4v) is 4.65. The average molecular weight is 393 g/mol. The monoisotopic (exact) mass is 392 g/mol. The SMILES string of the molecule is CC1=Cc2cc(CCc3ccnc(CCc4ccc5c(c4)C=C(C)C5)n3)ccc2C1. The second-order valence-electron chi connectivity index (χ2n) is 8.87. The van der Waals surface area contributed by atoms with Crippen LogP contribution in [0.3, 0.4) is 0 Å². The largest absolute Gasteiger partial charge is 0.241 e. The van der Waals surface area contributed by atoms with Crippen molar-refractivity contribution in [3.8, 4) is 0 Å². The van der Waals surface area contributed by atoms with Crippen LogP contribution in [0, 0.1) is 0 Å². The molecule has 2 aromatic carbocycles. The number of rotatable bonds is 6. The highest BCUT2D eigenvalue weighted by atomic mass is 14.9. The van der Waals surface area contributed by atoms with E-state index in [1.54, 1.807) is 0 Å². The zero-order valence-electron chi connectivity index (χ0n) is 17.9. The lowest BCUT2D eigenvalue weighted by molar-refractivity contribution is 0.813. The minimum atomic E-state index is 0.887. The Bertz CT molecular complexity index is 1080. The molecule has 150 valence electrons. The summed E-state index contributed by atoms with van der Waals surface area (Å²) in [6.45, 7) is 4.42. The van der Waals surface area contributed by atoms with Crippen LogP contribution in [0.1, 0.15) is 58.7 Å². The number of hydrogen-bond acceptors (Lipinski definition) is 2. The molecular formula is C28H28N2. The number of nitrogens with zero attached hydrogens (tertiary/aromatic N) is 2. The van der Waals surface area contributed by atoms with Gasteiger partial charge >= 0.3 is 0 Å². The second kappa shape index (κ2) is 8.02. The standard InChI is InChI=1S/C28H28N2/c1-19-13-23-7-3-21(17-25(23)15-19)5-9-27-11-12-29-28(30-27)10-6-22-4-8-24-14-20(2)16-26(24)18-22/h3-4,7-8,11-12,15-18H,5-6,9-10,13-14H2,1-2H3. The van der Waals surface area contributed by atoms with Gasteiger partial charge in [0.1, 0.15) is 5.82 Å². The molecule has 0 aliphatic heterocycles. The highest BCUT2D eigenvalue weighted by molar-refractivity contribution is 5.64. The van der Waals surface area contributed by atoms with E-state index < -0.39 is 0 Å². The van der Waals surface area contributed by atoms with Gasteiger partial charge in [0.2, 0.25) is 0 Å². The van der Waals surface area contributed by atoms with Crippen molar-refractivity contribution in [3.05, 3.63) is 105 Å². The van der Waals surface area contributed by atoms with Gasteiger partial charge in [-0.15, -0.1) is 0 Å². The summed E-state index contributed by atoms with van der Waals surface area (Å²) in [6, 6.07) is 15.8. The maximum absolute atomic E-state index is 4.84. The van der Waals surface area contributed by atoms with Gasteiger partial charge in [0.15, 0.2) is 0 Å². The molecule has 2 aliphatic rings. The van der Waals surface area contributed by atoms with Crippen molar-refractivity contribution >= 4 is 12.2 Å². The predicted octanol–water partition coefficient (Wildman–Crippen LogP) is 5.97. The van der Waals surface area contributed by atoms with Gasteiger partial charge in [0.05, 0.1) is 0 Å². The van der Waals surface area contributed by atoms with Gasteiger partial charge in [-0.2, -0.15) is 0 Å². The van der Waals surface area contributed by atoms with E-state index >= 15 is 0 Å². The zero-order chi connectivity index (χ0) is 20.5. The van der Waals surface area contributed by atoms with Crippen molar-refractivity contribution in [3.63, 3.8) is 0 Å². The van der Waals surface area contributed by atoms with Crippen LogP contribution in [0.4, 0.5) is 0 Å². The molecule has 0 fully saturated rings. The fourth-order valence-electron chi connectivity index (χ4n) is 4.65. The third-order valence-corrected chi connectivity index (χ3v) is 6.23. The smallest absolute Gasteiger partial charge is 0.128 e. The zero-order valence-corrected chi connectivity index (χ0v) is 17.9. The number of aromatic nitrogens is 2. The van der Waals surface area contributed by atoms with Crippen molar-refractivity contribution in [1.29, 1.82) is 0 Å². The van der Waals surface area contributed by atoms with Crippen LogP contribution in [0.2, 0.25) is 0 Å². The molecule has 0 spiro atoms. The summed E-state index contributed by atoms with van der Waals surface area (Å²) in [5.41, 5.74) is 12.5. The van der Waals surface area contributed by atoms with E-state index in [0.29, 0.717) is 0 Å². The van der Waals surface area contributed by atoms with Gasteiger partial charge in [-0.1, -0.05) is 59.7 Å². The second-order valence-corrected chi connectivity index (χ2v) is 8.87. The molecule has 0 N–H and O–H groups in total. The number of hydrogen-bond donors (Lipinski definition) is 0. The summed E-state index contributed by atoms with van der Waals surface area (Å²) < 4.78 is 0. The van der Waals surface area contributed by atoms with Crippen molar-refractivity contribution < 1.29 is 0 Å². The summed E-state index contributed by atoms with van der Waals surface area (Å²) in [5.74, 6) is 0.951. The van der Waals surface area contributed by atoms with Gasteiger partial charge in [-0.05, 0) is 85.4 Å². The minimum Gasteiger partial charge on any atom is -0.241 e. The molecule has 2 aliphatic carbocycles. The fraction of sp³-hybridized carbons (Fsp3) is 0.286. The molecule has 0 saturated carbocycles. The molecule has 5 rings (SSSR count). The molecule has 0 radical (unpaired) electrons. The first-order chi connectivity index (χ1) is 14.6. The van der Waals surface area contributed by atoms with Gasteiger partial charge < -0.3 is 0 Å². The van der Waals surface area contributed by atoms with Crippen LogP contribution in [-0.4, -0.2) is 9.97 Å². The van der Waals surface area contributed by atoms with Crippen molar-refractivity contribution in [2.24, 2.45) is 0 Å². The number of fused-ring (bicyclic) bond motifs is 2. The predicted molar refractivity (Wildman–Crippen MR) is 124 cm³/mol. The maximum atomic E-state index is 4.84. The first-order valence-electron chi connectivity index (χ1n) is 11.0. The molecule has 0 unspecified atom stereocenters. The van der Waals surface area contributed by atoms with Crippen LogP contribution in [0.25, 0.3) is 12.2 Å². The molecule has 30 heavy (non-hydrogen) atoms. The first kappa shape index (κ1) is 19.0. The number of aryl methyl sites for hydroxylation is 4. The highest BCUT2D eigenvalue weighted by Gasteiger charge is 2.11. The molecule has 2 heteroatoms. The molecule has 0 saturated heterocycles. The Kier molecular flexibility index (Phi) is 5.08. The third-order valence-electron chi connectivity index (χ3n) is 6.23. The Morgan fingerprint density at radius 1 is 0.700 bits per heavy atom. The van der Waals surface area contributed by atoms with Gasteiger partial charge in [-0.25, -0.2) is 9.97 Å². The lowest BCUT2D eigenvalue weighted by atomic mass is 10.0. The van der Waals surface area contributed by atoms with E-state index in [1.807, 2.05) is 6.20 Å². The van der Waals surface area contributed by atoms with E-state index in [9.17, 15) is 0 Å². The number of allylic oxidation sites excluding steroid dienone is 2. The Morgan fingerprint density at radius 2 is 1.30 bits per heavy atom. The normalized spacial score (nSPS) is 14.3. The van der Waals surface area contributed by atoms with E-state index in [2.05, 4.69) is 73.4 Å². The lowest BCUT2D eigenvalue weighted by Crippen LogP contribution is -2.03. The summed E-state index contributed by atoms with van der Waals surface area (Å²) in [5, 5.41) is 0. The van der Waals surface area contributed by atoms with Gasteiger partial charge in [0, 0.05) is 18.3 Å². The third kappa shape index (κ3) is 4.14. The molecule has 3 aromatic rings. The van der Waals surface area contributed by atoms with Gasteiger partial charge in [0.25, 0.3) is 0 Å². The number of benzene rings is 2. The van der Waals surface area contributed by atoms with Crippen molar-refractivity contribution in [2.75, 3.05) is 0 Å². The quantitative estimate of drug-likeness (QED) is 0.517. The minimum absolute atomic E-state index is 0.887. The molecule has 0 amide bonds. The summed E-state index contributed by atoms with van der Waals surface area (Å²) >= 11 is 0. The molecule has 1 heterocycles.